The summed E-state index contributed by atoms with van der Waals surface area (Å²) in [7, 11) is -3.44. The third-order valence-corrected chi connectivity index (χ3v) is 8.90. The minimum Gasteiger partial charge on any atom is -0.334 e. The highest BCUT2D eigenvalue weighted by molar-refractivity contribution is 8.08. The van der Waals surface area contributed by atoms with Crippen LogP contribution in [0, 0.1) is 0 Å². The molecule has 1 aliphatic rings. The number of benzene rings is 3. The van der Waals surface area contributed by atoms with Gasteiger partial charge in [-0.05, 0) is 54.8 Å². The number of sulfone groups is 1. The molecule has 0 aliphatic carbocycles. The topological polar surface area (TPSA) is 92.3 Å². The van der Waals surface area contributed by atoms with E-state index in [1.165, 1.54) is 11.8 Å². The van der Waals surface area contributed by atoms with Crippen LogP contribution in [0.5, 0.6) is 0 Å². The van der Waals surface area contributed by atoms with Crippen LogP contribution < -0.4 is 10.6 Å². The third-order valence-electron chi connectivity index (χ3n) is 5.42. The Balaban J connectivity index is 1.79. The van der Waals surface area contributed by atoms with Crippen LogP contribution in [0.15, 0.2) is 95.5 Å². The second kappa shape index (κ2) is 11.1. The first kappa shape index (κ1) is 25.0. The molecule has 1 saturated heterocycles. The first-order valence-corrected chi connectivity index (χ1v) is 13.9. The highest BCUT2D eigenvalue weighted by atomic mass is 35.5. The number of nitrogens with one attached hydrogen (secondary N) is 2. The molecule has 3 aromatic carbocycles. The van der Waals surface area contributed by atoms with Gasteiger partial charge in [0, 0.05) is 20.4 Å². The lowest BCUT2D eigenvalue weighted by Crippen LogP contribution is -2.42. The second-order valence-electron chi connectivity index (χ2n) is 7.92. The van der Waals surface area contributed by atoms with Gasteiger partial charge in [-0.1, -0.05) is 71.9 Å². The van der Waals surface area contributed by atoms with E-state index >= 15 is 0 Å². The molecular weight excluding hydrogens is 504 g/mol. The lowest BCUT2D eigenvalue weighted by Gasteiger charge is -2.19. The average molecular weight is 527 g/mol. The molecule has 1 fully saturated rings. The van der Waals surface area contributed by atoms with E-state index in [0.29, 0.717) is 33.9 Å². The van der Waals surface area contributed by atoms with Crippen LogP contribution in [-0.2, 0) is 14.6 Å². The number of rotatable bonds is 7. The van der Waals surface area contributed by atoms with Gasteiger partial charge in [-0.25, -0.2) is 8.42 Å². The summed E-state index contributed by atoms with van der Waals surface area (Å²) in [6.07, 6.45) is 0.812. The first-order valence-electron chi connectivity index (χ1n) is 11.0. The Hall–Kier alpha value is -3.07. The highest BCUT2D eigenvalue weighted by Crippen LogP contribution is 2.37. The summed E-state index contributed by atoms with van der Waals surface area (Å²) in [5.74, 6) is -1.11. The van der Waals surface area contributed by atoms with E-state index in [-0.39, 0.29) is 11.4 Å². The quantitative estimate of drug-likeness (QED) is 0.338. The van der Waals surface area contributed by atoms with E-state index in [4.69, 9.17) is 11.6 Å². The summed E-state index contributed by atoms with van der Waals surface area (Å²) < 4.78 is 24.8. The molecule has 0 bridgehead atoms. The van der Waals surface area contributed by atoms with Crippen molar-refractivity contribution in [3.05, 3.63) is 107 Å². The van der Waals surface area contributed by atoms with Crippen LogP contribution >= 0.6 is 23.4 Å². The maximum atomic E-state index is 13.5. The van der Waals surface area contributed by atoms with Crippen LogP contribution in [0.3, 0.4) is 0 Å². The van der Waals surface area contributed by atoms with Gasteiger partial charge in [-0.15, -0.1) is 0 Å². The summed E-state index contributed by atoms with van der Waals surface area (Å²) in [6, 6.07) is 24.8. The second-order valence-corrected chi connectivity index (χ2v) is 11.7. The fraction of sp³-hybridized carbons (Fsp3) is 0.154. The summed E-state index contributed by atoms with van der Waals surface area (Å²) in [6.45, 7) is 0. The Morgan fingerprint density at radius 1 is 0.857 bits per heavy atom. The van der Waals surface area contributed by atoms with Crippen molar-refractivity contribution in [2.24, 2.45) is 0 Å². The van der Waals surface area contributed by atoms with Crippen LogP contribution in [0.1, 0.15) is 28.8 Å². The third kappa shape index (κ3) is 6.33. The van der Waals surface area contributed by atoms with Crippen LogP contribution in [0.4, 0.5) is 0 Å². The van der Waals surface area contributed by atoms with Crippen molar-refractivity contribution in [3.63, 3.8) is 0 Å². The zero-order valence-corrected chi connectivity index (χ0v) is 21.0. The molecule has 0 radical (unpaired) electrons. The zero-order chi connectivity index (χ0) is 24.8. The molecule has 9 heteroatoms. The van der Waals surface area contributed by atoms with Gasteiger partial charge in [0.05, 0.1) is 5.75 Å². The molecule has 2 N–H and O–H groups in total. The van der Waals surface area contributed by atoms with Gasteiger partial charge in [0.1, 0.15) is 11.1 Å². The molecule has 180 valence electrons. The van der Waals surface area contributed by atoms with E-state index in [2.05, 4.69) is 10.6 Å². The lowest BCUT2D eigenvalue weighted by molar-refractivity contribution is -0.118. The molecule has 0 spiro atoms. The van der Waals surface area contributed by atoms with Gasteiger partial charge >= 0.3 is 0 Å². The van der Waals surface area contributed by atoms with E-state index < -0.39 is 27.0 Å². The number of carbonyl (C=O) groups is 2. The Morgan fingerprint density at radius 3 is 2.03 bits per heavy atom. The fourth-order valence-electron chi connectivity index (χ4n) is 3.63. The van der Waals surface area contributed by atoms with Crippen LogP contribution in [0.2, 0.25) is 5.02 Å². The molecule has 0 saturated carbocycles. The predicted octanol–water partition coefficient (Wildman–Crippen LogP) is 4.88. The molecular formula is C26H23ClN2O4S2. The molecule has 1 aliphatic heterocycles. The molecule has 2 amide bonds. The zero-order valence-electron chi connectivity index (χ0n) is 18.6. The maximum Gasteiger partial charge on any atom is 0.270 e. The number of halogens is 1. The standard InChI is InChI=1S/C26H23ClN2O4S2/c27-20-13-15-21(16-14-20)34-24(18-8-3-1-4-9-18)23(29-25(30)19-10-5-2-6-11-19)26(31)28-22-12-7-17-35(22,32)33/h1-6,8-11,13-16,22H,7,12,17H2,(H,28,31)(H,29,30)/b24-23-/t22-/m0/s1. The predicted molar refractivity (Wildman–Crippen MR) is 140 cm³/mol. The molecule has 3 aromatic rings. The maximum absolute atomic E-state index is 13.5. The average Bonchev–Trinajstić information content (AvgIpc) is 3.20. The van der Waals surface area contributed by atoms with Crippen molar-refractivity contribution >= 4 is 49.9 Å². The van der Waals surface area contributed by atoms with E-state index in [1.807, 2.05) is 42.5 Å². The SMILES string of the molecule is O=C(N[C@@H]1CCCS1(=O)=O)/C(NC(=O)c1ccccc1)=C(/Sc1ccc(Cl)cc1)c1ccccc1. The van der Waals surface area contributed by atoms with Gasteiger partial charge in [0.15, 0.2) is 9.84 Å². The molecule has 6 nitrogen and oxygen atoms in total. The summed E-state index contributed by atoms with van der Waals surface area (Å²) >= 11 is 7.32. The minimum atomic E-state index is -3.44. The normalized spacial score (nSPS) is 17.3. The van der Waals surface area contributed by atoms with Gasteiger partial charge in [-0.2, -0.15) is 0 Å². The Labute approximate surface area is 213 Å². The van der Waals surface area contributed by atoms with Gasteiger partial charge < -0.3 is 10.6 Å². The number of thioether (sulfide) groups is 1. The summed E-state index contributed by atoms with van der Waals surface area (Å²) in [5, 5.41) is 4.97. The lowest BCUT2D eigenvalue weighted by atomic mass is 10.1. The number of hydrogen-bond acceptors (Lipinski definition) is 5. The Bertz CT molecular complexity index is 1340. The minimum absolute atomic E-state index is 0.0212. The molecule has 1 atom stereocenters. The van der Waals surface area contributed by atoms with Crippen molar-refractivity contribution in [2.75, 3.05) is 5.75 Å². The largest absolute Gasteiger partial charge is 0.334 e. The first-order chi connectivity index (χ1) is 16.8. The summed E-state index contributed by atoms with van der Waals surface area (Å²) in [4.78, 5) is 27.9. The number of hydrogen-bond donors (Lipinski definition) is 2. The molecule has 0 unspecified atom stereocenters. The molecule has 1 heterocycles. The molecule has 0 aromatic heterocycles. The monoisotopic (exact) mass is 526 g/mol. The van der Waals surface area contributed by atoms with Gasteiger partial charge in [-0.3, -0.25) is 9.59 Å². The number of amides is 2. The smallest absolute Gasteiger partial charge is 0.270 e. The van der Waals surface area contributed by atoms with Crippen molar-refractivity contribution < 1.29 is 18.0 Å². The molecule has 4 rings (SSSR count). The summed E-state index contributed by atoms with van der Waals surface area (Å²) in [5.41, 5.74) is 1.04. The van der Waals surface area contributed by atoms with E-state index in [0.717, 1.165) is 4.90 Å². The van der Waals surface area contributed by atoms with E-state index in [1.54, 1.807) is 42.5 Å². The van der Waals surface area contributed by atoms with Crippen molar-refractivity contribution in [1.29, 1.82) is 0 Å². The van der Waals surface area contributed by atoms with Crippen molar-refractivity contribution in [1.82, 2.24) is 10.6 Å². The Morgan fingerprint density at radius 2 is 1.46 bits per heavy atom. The number of carbonyl (C=O) groups excluding carboxylic acids is 2. The van der Waals surface area contributed by atoms with Crippen molar-refractivity contribution in [2.45, 2.75) is 23.1 Å². The van der Waals surface area contributed by atoms with Gasteiger partial charge in [0.2, 0.25) is 0 Å². The van der Waals surface area contributed by atoms with Crippen LogP contribution in [0.25, 0.3) is 4.91 Å². The molecule has 35 heavy (non-hydrogen) atoms. The Kier molecular flexibility index (Phi) is 7.95. The highest BCUT2D eigenvalue weighted by Gasteiger charge is 2.34. The fourth-order valence-corrected chi connectivity index (χ4v) is 6.43. The van der Waals surface area contributed by atoms with Gasteiger partial charge in [0.25, 0.3) is 11.8 Å². The van der Waals surface area contributed by atoms with Crippen molar-refractivity contribution in [3.8, 4) is 0 Å². The van der Waals surface area contributed by atoms with Crippen LogP contribution in [-0.4, -0.2) is 31.4 Å². The van der Waals surface area contributed by atoms with E-state index in [9.17, 15) is 18.0 Å².